The highest BCUT2D eigenvalue weighted by Crippen LogP contribution is 2.32. The van der Waals surface area contributed by atoms with Crippen molar-refractivity contribution < 1.29 is 0 Å². The maximum absolute atomic E-state index is 3.74. The van der Waals surface area contributed by atoms with Gasteiger partial charge in [0.25, 0.3) is 0 Å². The number of hydrogen-bond donors (Lipinski definition) is 1. The van der Waals surface area contributed by atoms with Crippen LogP contribution in [-0.2, 0) is 6.42 Å². The highest BCUT2D eigenvalue weighted by molar-refractivity contribution is 5.38. The summed E-state index contributed by atoms with van der Waals surface area (Å²) < 4.78 is 0. The summed E-state index contributed by atoms with van der Waals surface area (Å²) in [4.78, 5) is 0. The molecule has 1 aromatic carbocycles. The zero-order valence-corrected chi connectivity index (χ0v) is 11.7. The minimum absolute atomic E-state index is 0.521. The Morgan fingerprint density at radius 3 is 2.47 bits per heavy atom. The minimum Gasteiger partial charge on any atom is -0.307 e. The second kappa shape index (κ2) is 4.81. The van der Waals surface area contributed by atoms with Gasteiger partial charge in [-0.15, -0.1) is 0 Å². The van der Waals surface area contributed by atoms with Crippen molar-refractivity contribution >= 4 is 0 Å². The van der Waals surface area contributed by atoms with Crippen LogP contribution in [0.3, 0.4) is 0 Å². The van der Waals surface area contributed by atoms with Gasteiger partial charge in [-0.3, -0.25) is 0 Å². The van der Waals surface area contributed by atoms with Gasteiger partial charge < -0.3 is 5.32 Å². The lowest BCUT2D eigenvalue weighted by Gasteiger charge is -2.34. The van der Waals surface area contributed by atoms with Crippen LogP contribution in [0.4, 0.5) is 0 Å². The summed E-state index contributed by atoms with van der Waals surface area (Å²) in [6.07, 6.45) is 1.16. The SMILES string of the molecule is CC1Cc2ccc(C(C)C)cc2C(C(C)C)N1. The lowest BCUT2D eigenvalue weighted by atomic mass is 9.83. The summed E-state index contributed by atoms with van der Waals surface area (Å²) in [5.41, 5.74) is 4.54. The molecule has 2 rings (SSSR count). The lowest BCUT2D eigenvalue weighted by molar-refractivity contribution is 0.345. The fourth-order valence-electron chi connectivity index (χ4n) is 2.78. The van der Waals surface area contributed by atoms with E-state index in [1.807, 2.05) is 0 Å². The molecule has 1 aromatic rings. The van der Waals surface area contributed by atoms with Gasteiger partial charge >= 0.3 is 0 Å². The van der Waals surface area contributed by atoms with Crippen molar-refractivity contribution in [2.75, 3.05) is 0 Å². The summed E-state index contributed by atoms with van der Waals surface area (Å²) >= 11 is 0. The Bertz CT molecular complexity index is 393. The molecule has 1 aliphatic heterocycles. The Morgan fingerprint density at radius 1 is 1.18 bits per heavy atom. The van der Waals surface area contributed by atoms with Crippen molar-refractivity contribution in [3.63, 3.8) is 0 Å². The highest BCUT2D eigenvalue weighted by atomic mass is 15.0. The van der Waals surface area contributed by atoms with E-state index in [2.05, 4.69) is 58.1 Å². The molecule has 2 unspecified atom stereocenters. The molecule has 1 heterocycles. The van der Waals surface area contributed by atoms with E-state index < -0.39 is 0 Å². The molecule has 0 saturated carbocycles. The van der Waals surface area contributed by atoms with Gasteiger partial charge in [-0.1, -0.05) is 45.9 Å². The van der Waals surface area contributed by atoms with Crippen LogP contribution in [0.5, 0.6) is 0 Å². The van der Waals surface area contributed by atoms with E-state index in [4.69, 9.17) is 0 Å². The molecule has 0 fully saturated rings. The van der Waals surface area contributed by atoms with Crippen LogP contribution >= 0.6 is 0 Å². The molecular weight excluding hydrogens is 206 g/mol. The first-order valence-corrected chi connectivity index (χ1v) is 6.87. The first kappa shape index (κ1) is 12.6. The summed E-state index contributed by atoms with van der Waals surface area (Å²) in [6.45, 7) is 11.4. The number of rotatable bonds is 2. The fourth-order valence-corrected chi connectivity index (χ4v) is 2.78. The van der Waals surface area contributed by atoms with Crippen molar-refractivity contribution in [1.29, 1.82) is 0 Å². The molecule has 94 valence electrons. The molecule has 1 nitrogen and oxygen atoms in total. The monoisotopic (exact) mass is 231 g/mol. The number of nitrogens with one attached hydrogen (secondary N) is 1. The molecule has 0 aliphatic carbocycles. The number of hydrogen-bond acceptors (Lipinski definition) is 1. The standard InChI is InChI=1S/C16H25N/c1-10(2)13-6-7-14-8-12(5)17-16(11(3)4)15(14)9-13/h6-7,9-12,16-17H,8H2,1-5H3. The van der Waals surface area contributed by atoms with Gasteiger partial charge in [-0.05, 0) is 41.9 Å². The second-order valence-corrected chi connectivity index (χ2v) is 6.11. The number of benzene rings is 1. The predicted octanol–water partition coefficient (Wildman–Crippen LogP) is 4.04. The second-order valence-electron chi connectivity index (χ2n) is 6.11. The average molecular weight is 231 g/mol. The zero-order valence-electron chi connectivity index (χ0n) is 11.7. The van der Waals surface area contributed by atoms with Crippen LogP contribution in [0.25, 0.3) is 0 Å². The van der Waals surface area contributed by atoms with Gasteiger partial charge in [0.2, 0.25) is 0 Å². The van der Waals surface area contributed by atoms with Crippen LogP contribution in [-0.4, -0.2) is 6.04 Å². The van der Waals surface area contributed by atoms with Crippen molar-refractivity contribution in [1.82, 2.24) is 5.32 Å². The third kappa shape index (κ3) is 2.55. The Hall–Kier alpha value is -0.820. The third-order valence-corrected chi connectivity index (χ3v) is 3.83. The van der Waals surface area contributed by atoms with Crippen molar-refractivity contribution in [3.8, 4) is 0 Å². The summed E-state index contributed by atoms with van der Waals surface area (Å²) in [7, 11) is 0. The smallest absolute Gasteiger partial charge is 0.0348 e. The largest absolute Gasteiger partial charge is 0.307 e. The topological polar surface area (TPSA) is 12.0 Å². The van der Waals surface area contributed by atoms with Crippen LogP contribution in [0.15, 0.2) is 18.2 Å². The summed E-state index contributed by atoms with van der Waals surface area (Å²) in [5.74, 6) is 1.27. The van der Waals surface area contributed by atoms with Crippen LogP contribution in [0.2, 0.25) is 0 Å². The maximum Gasteiger partial charge on any atom is 0.0348 e. The van der Waals surface area contributed by atoms with E-state index in [9.17, 15) is 0 Å². The highest BCUT2D eigenvalue weighted by Gasteiger charge is 2.26. The van der Waals surface area contributed by atoms with E-state index in [0.29, 0.717) is 23.9 Å². The molecule has 0 saturated heterocycles. The van der Waals surface area contributed by atoms with E-state index >= 15 is 0 Å². The van der Waals surface area contributed by atoms with Crippen molar-refractivity contribution in [2.45, 2.75) is 59.0 Å². The van der Waals surface area contributed by atoms with E-state index in [-0.39, 0.29) is 0 Å². The van der Waals surface area contributed by atoms with Gasteiger partial charge in [-0.25, -0.2) is 0 Å². The lowest BCUT2D eigenvalue weighted by Crippen LogP contribution is -2.39. The van der Waals surface area contributed by atoms with Gasteiger partial charge in [0.15, 0.2) is 0 Å². The molecule has 0 spiro atoms. The third-order valence-electron chi connectivity index (χ3n) is 3.83. The molecular formula is C16H25N. The quantitative estimate of drug-likeness (QED) is 0.810. The molecule has 0 amide bonds. The molecule has 2 atom stereocenters. The molecule has 0 radical (unpaired) electrons. The van der Waals surface area contributed by atoms with Gasteiger partial charge in [0.05, 0.1) is 0 Å². The molecule has 0 aromatic heterocycles. The van der Waals surface area contributed by atoms with E-state index in [1.54, 1.807) is 5.56 Å². The van der Waals surface area contributed by atoms with Crippen LogP contribution in [0, 0.1) is 5.92 Å². The Balaban J connectivity index is 2.42. The van der Waals surface area contributed by atoms with Gasteiger partial charge in [-0.2, -0.15) is 0 Å². The van der Waals surface area contributed by atoms with E-state index in [0.717, 1.165) is 6.42 Å². The number of fused-ring (bicyclic) bond motifs is 1. The molecule has 1 aliphatic rings. The molecule has 0 bridgehead atoms. The average Bonchev–Trinajstić information content (AvgIpc) is 2.26. The van der Waals surface area contributed by atoms with Crippen LogP contribution < -0.4 is 5.32 Å². The Labute approximate surface area is 106 Å². The predicted molar refractivity (Wildman–Crippen MR) is 74.4 cm³/mol. The first-order chi connectivity index (χ1) is 7.99. The minimum atomic E-state index is 0.521. The zero-order chi connectivity index (χ0) is 12.6. The molecule has 1 N–H and O–H groups in total. The Morgan fingerprint density at radius 2 is 1.88 bits per heavy atom. The Kier molecular flexibility index (Phi) is 3.58. The van der Waals surface area contributed by atoms with Gasteiger partial charge in [0, 0.05) is 12.1 Å². The molecule has 1 heteroatoms. The fraction of sp³-hybridized carbons (Fsp3) is 0.625. The first-order valence-electron chi connectivity index (χ1n) is 6.87. The summed E-state index contributed by atoms with van der Waals surface area (Å²) in [5, 5.41) is 3.74. The van der Waals surface area contributed by atoms with Crippen LogP contribution in [0.1, 0.15) is 63.3 Å². The maximum atomic E-state index is 3.74. The van der Waals surface area contributed by atoms with E-state index in [1.165, 1.54) is 11.1 Å². The summed E-state index contributed by atoms with van der Waals surface area (Å²) in [6, 6.07) is 8.19. The van der Waals surface area contributed by atoms with Gasteiger partial charge in [0.1, 0.15) is 0 Å². The molecule has 17 heavy (non-hydrogen) atoms. The normalized spacial score (nSPS) is 24.2. The van der Waals surface area contributed by atoms with Crippen molar-refractivity contribution in [3.05, 3.63) is 34.9 Å². The van der Waals surface area contributed by atoms with Crippen molar-refractivity contribution in [2.24, 2.45) is 5.92 Å².